The van der Waals surface area contributed by atoms with E-state index in [1.54, 1.807) is 0 Å². The number of aryl methyl sites for hydroxylation is 3. The summed E-state index contributed by atoms with van der Waals surface area (Å²) in [5, 5.41) is 0. The van der Waals surface area contributed by atoms with Gasteiger partial charge < -0.3 is 0 Å². The molecule has 0 fully saturated rings. The maximum absolute atomic E-state index is 2.33. The molecule has 0 amide bonds. The van der Waals surface area contributed by atoms with E-state index in [9.17, 15) is 0 Å². The molecule has 0 unspecified atom stereocenters. The van der Waals surface area contributed by atoms with Crippen molar-refractivity contribution >= 4 is 0 Å². The van der Waals surface area contributed by atoms with Crippen LogP contribution in [-0.4, -0.2) is 0 Å². The second-order valence-corrected chi connectivity index (χ2v) is 8.99. The number of rotatable bonds is 4. The molecule has 5 aromatic carbocycles. The first-order chi connectivity index (χ1) is 16.0. The van der Waals surface area contributed by atoms with Gasteiger partial charge in [-0.3, -0.25) is 0 Å². The summed E-state index contributed by atoms with van der Waals surface area (Å²) in [7, 11) is 0. The van der Waals surface area contributed by atoms with Crippen molar-refractivity contribution in [2.24, 2.45) is 0 Å². The Hall–Kier alpha value is -3.90. The topological polar surface area (TPSA) is 0 Å². The molecule has 5 aromatic rings. The third kappa shape index (κ3) is 4.66. The SMILES string of the molecule is Cc1ccc(-c2cc(C)cc(-c3cc(-c4ccccc4)cc(-c4cccc(C)c4)c3)c2)cc1. The Morgan fingerprint density at radius 1 is 0.273 bits per heavy atom. The lowest BCUT2D eigenvalue weighted by atomic mass is 9.91. The zero-order valence-electron chi connectivity index (χ0n) is 19.5. The van der Waals surface area contributed by atoms with Gasteiger partial charge in [0.05, 0.1) is 0 Å². The van der Waals surface area contributed by atoms with Crippen LogP contribution in [0.25, 0.3) is 44.5 Å². The molecular formula is C33H28. The third-order valence-electron chi connectivity index (χ3n) is 6.19. The normalized spacial score (nSPS) is 10.9. The van der Waals surface area contributed by atoms with Crippen molar-refractivity contribution in [3.05, 3.63) is 132 Å². The molecule has 0 saturated carbocycles. The van der Waals surface area contributed by atoms with E-state index in [0.717, 1.165) is 0 Å². The van der Waals surface area contributed by atoms with Crippen molar-refractivity contribution < 1.29 is 0 Å². The Morgan fingerprint density at radius 2 is 0.727 bits per heavy atom. The molecule has 0 radical (unpaired) electrons. The van der Waals surface area contributed by atoms with Crippen molar-refractivity contribution in [3.63, 3.8) is 0 Å². The van der Waals surface area contributed by atoms with Crippen LogP contribution in [0.2, 0.25) is 0 Å². The zero-order valence-corrected chi connectivity index (χ0v) is 19.5. The van der Waals surface area contributed by atoms with E-state index in [4.69, 9.17) is 0 Å². The summed E-state index contributed by atoms with van der Waals surface area (Å²) < 4.78 is 0. The van der Waals surface area contributed by atoms with Crippen molar-refractivity contribution in [1.29, 1.82) is 0 Å². The van der Waals surface area contributed by atoms with Crippen molar-refractivity contribution in [3.8, 4) is 44.5 Å². The van der Waals surface area contributed by atoms with Crippen LogP contribution in [0.3, 0.4) is 0 Å². The molecule has 5 rings (SSSR count). The minimum absolute atomic E-state index is 1.24. The summed E-state index contributed by atoms with van der Waals surface area (Å²) in [5.41, 5.74) is 13.8. The molecule has 0 aliphatic rings. The molecule has 0 bridgehead atoms. The Morgan fingerprint density at radius 3 is 1.36 bits per heavy atom. The largest absolute Gasteiger partial charge is 0.0622 e. The molecule has 0 atom stereocenters. The Bertz CT molecular complexity index is 1410. The Labute approximate surface area is 197 Å². The lowest BCUT2D eigenvalue weighted by molar-refractivity contribution is 1.44. The summed E-state index contributed by atoms with van der Waals surface area (Å²) in [6.45, 7) is 6.47. The Kier molecular flexibility index (Phi) is 5.67. The monoisotopic (exact) mass is 424 g/mol. The fourth-order valence-corrected chi connectivity index (χ4v) is 4.45. The van der Waals surface area contributed by atoms with E-state index < -0.39 is 0 Å². The molecule has 0 aliphatic heterocycles. The summed E-state index contributed by atoms with van der Waals surface area (Å²) in [6, 6.07) is 42.1. The van der Waals surface area contributed by atoms with Gasteiger partial charge in [0.1, 0.15) is 0 Å². The van der Waals surface area contributed by atoms with Gasteiger partial charge in [0.25, 0.3) is 0 Å². The molecule has 0 aromatic heterocycles. The highest BCUT2D eigenvalue weighted by atomic mass is 14.1. The van der Waals surface area contributed by atoms with Crippen molar-refractivity contribution in [2.75, 3.05) is 0 Å². The quantitative estimate of drug-likeness (QED) is 0.270. The van der Waals surface area contributed by atoms with Crippen LogP contribution in [0.1, 0.15) is 16.7 Å². The molecule has 0 aliphatic carbocycles. The summed E-state index contributed by atoms with van der Waals surface area (Å²) in [4.78, 5) is 0. The fourth-order valence-electron chi connectivity index (χ4n) is 4.45. The molecule has 0 spiro atoms. The summed E-state index contributed by atoms with van der Waals surface area (Å²) in [6.07, 6.45) is 0. The summed E-state index contributed by atoms with van der Waals surface area (Å²) in [5.74, 6) is 0. The van der Waals surface area contributed by atoms with Crippen molar-refractivity contribution in [2.45, 2.75) is 20.8 Å². The molecule has 33 heavy (non-hydrogen) atoms. The van der Waals surface area contributed by atoms with Gasteiger partial charge in [-0.1, -0.05) is 102 Å². The predicted octanol–water partition coefficient (Wildman–Crippen LogP) is 9.28. The van der Waals surface area contributed by atoms with Gasteiger partial charge in [-0.2, -0.15) is 0 Å². The highest BCUT2D eigenvalue weighted by Gasteiger charge is 2.10. The second kappa shape index (κ2) is 8.92. The van der Waals surface area contributed by atoms with Crippen molar-refractivity contribution in [1.82, 2.24) is 0 Å². The number of hydrogen-bond donors (Lipinski definition) is 0. The highest BCUT2D eigenvalue weighted by molar-refractivity contribution is 5.83. The molecule has 160 valence electrons. The van der Waals surface area contributed by atoms with E-state index in [2.05, 4.69) is 136 Å². The van der Waals surface area contributed by atoms with E-state index in [-0.39, 0.29) is 0 Å². The van der Waals surface area contributed by atoms with Gasteiger partial charge in [-0.05, 0) is 95.1 Å². The first-order valence-electron chi connectivity index (χ1n) is 11.5. The molecule has 0 heteroatoms. The average molecular weight is 425 g/mol. The minimum Gasteiger partial charge on any atom is -0.0622 e. The molecule has 0 nitrogen and oxygen atoms in total. The van der Waals surface area contributed by atoms with E-state index in [0.29, 0.717) is 0 Å². The maximum Gasteiger partial charge on any atom is -0.0171 e. The lowest BCUT2D eigenvalue weighted by Gasteiger charge is -2.14. The highest BCUT2D eigenvalue weighted by Crippen LogP contribution is 2.35. The number of hydrogen-bond acceptors (Lipinski definition) is 0. The van der Waals surface area contributed by atoms with Crippen LogP contribution in [0.15, 0.2) is 115 Å². The van der Waals surface area contributed by atoms with Gasteiger partial charge >= 0.3 is 0 Å². The standard InChI is InChI=1S/C33H28/c1-23-12-14-27(15-13-23)29-17-25(3)18-30(19-29)33-21-31(26-9-5-4-6-10-26)20-32(22-33)28-11-7-8-24(2)16-28/h4-22H,1-3H3. The van der Waals surface area contributed by atoms with E-state index in [1.165, 1.54) is 61.2 Å². The van der Waals surface area contributed by atoms with Crippen LogP contribution in [-0.2, 0) is 0 Å². The smallest absolute Gasteiger partial charge is 0.0171 e. The van der Waals surface area contributed by atoms with Gasteiger partial charge in [0, 0.05) is 0 Å². The zero-order chi connectivity index (χ0) is 22.8. The Balaban J connectivity index is 1.69. The second-order valence-electron chi connectivity index (χ2n) is 8.99. The lowest BCUT2D eigenvalue weighted by Crippen LogP contribution is -1.89. The predicted molar refractivity (Wildman–Crippen MR) is 142 cm³/mol. The number of benzene rings is 5. The molecular weight excluding hydrogens is 396 g/mol. The van der Waals surface area contributed by atoms with Crippen LogP contribution >= 0.6 is 0 Å². The first kappa shape index (κ1) is 21.0. The van der Waals surface area contributed by atoms with Gasteiger partial charge in [-0.25, -0.2) is 0 Å². The van der Waals surface area contributed by atoms with Crippen LogP contribution in [0, 0.1) is 20.8 Å². The third-order valence-corrected chi connectivity index (χ3v) is 6.19. The minimum atomic E-state index is 1.24. The van der Waals surface area contributed by atoms with E-state index in [1.807, 2.05) is 0 Å². The molecule has 0 saturated heterocycles. The van der Waals surface area contributed by atoms with Crippen LogP contribution in [0.4, 0.5) is 0 Å². The van der Waals surface area contributed by atoms with Gasteiger partial charge in [-0.15, -0.1) is 0 Å². The van der Waals surface area contributed by atoms with E-state index >= 15 is 0 Å². The average Bonchev–Trinajstić information content (AvgIpc) is 2.84. The van der Waals surface area contributed by atoms with Crippen LogP contribution in [0.5, 0.6) is 0 Å². The van der Waals surface area contributed by atoms with Gasteiger partial charge in [0.15, 0.2) is 0 Å². The van der Waals surface area contributed by atoms with Crippen LogP contribution < -0.4 is 0 Å². The maximum atomic E-state index is 2.33. The molecule has 0 N–H and O–H groups in total. The molecule has 0 heterocycles. The fraction of sp³-hybridized carbons (Fsp3) is 0.0909. The summed E-state index contributed by atoms with van der Waals surface area (Å²) >= 11 is 0. The first-order valence-corrected chi connectivity index (χ1v) is 11.5. The van der Waals surface area contributed by atoms with Gasteiger partial charge in [0.2, 0.25) is 0 Å².